The fourth-order valence-corrected chi connectivity index (χ4v) is 5.24. The SMILES string of the molecule is CCc1ccc(C(=O)c2[nH]c3ccccc3c2CCNc2ncc(-c3ccc(OC)c(OC)c3)cn2)s1. The molecule has 7 nitrogen and oxygen atoms in total. The normalized spacial score (nSPS) is 11.0. The molecule has 0 aliphatic rings. The van der Waals surface area contributed by atoms with Crippen LogP contribution in [0.15, 0.2) is 67.0 Å². The van der Waals surface area contributed by atoms with E-state index in [2.05, 4.69) is 33.3 Å². The molecule has 2 N–H and O–H groups in total. The minimum Gasteiger partial charge on any atom is -0.493 e. The van der Waals surface area contributed by atoms with Crippen LogP contribution in [0.3, 0.4) is 0 Å². The van der Waals surface area contributed by atoms with Crippen molar-refractivity contribution in [2.24, 2.45) is 0 Å². The number of anilines is 1. The number of benzene rings is 2. The standard InChI is InChI=1S/C29H28N4O3S/c1-4-20-10-12-26(37-20)28(34)27-22(21-7-5-6-8-23(21)33-27)13-14-30-29-31-16-19(17-32-29)18-9-11-24(35-2)25(15-18)36-3/h5-12,15-17,33H,4,13-14H2,1-3H3,(H,30,31,32). The summed E-state index contributed by atoms with van der Waals surface area (Å²) >= 11 is 1.56. The van der Waals surface area contributed by atoms with Gasteiger partial charge in [0.05, 0.1) is 24.8 Å². The zero-order valence-corrected chi connectivity index (χ0v) is 21.8. The Morgan fingerprint density at radius 2 is 1.76 bits per heavy atom. The van der Waals surface area contributed by atoms with Crippen molar-refractivity contribution in [3.8, 4) is 22.6 Å². The second-order valence-corrected chi connectivity index (χ2v) is 9.68. The molecule has 2 aromatic carbocycles. The molecule has 0 atom stereocenters. The molecule has 188 valence electrons. The van der Waals surface area contributed by atoms with E-state index in [1.807, 2.05) is 48.5 Å². The van der Waals surface area contributed by atoms with E-state index < -0.39 is 0 Å². The minimum absolute atomic E-state index is 0.0337. The van der Waals surface area contributed by atoms with Crippen LogP contribution in [0.1, 0.15) is 32.7 Å². The summed E-state index contributed by atoms with van der Waals surface area (Å²) in [5.74, 6) is 1.89. The van der Waals surface area contributed by atoms with Gasteiger partial charge in [-0.2, -0.15) is 0 Å². The predicted octanol–water partition coefficient (Wildman–Crippen LogP) is 6.15. The Hall–Kier alpha value is -4.17. The molecular weight excluding hydrogens is 484 g/mol. The number of aromatic nitrogens is 3. The number of thiophene rings is 1. The van der Waals surface area contributed by atoms with Crippen molar-refractivity contribution in [3.05, 3.63) is 88.0 Å². The van der Waals surface area contributed by atoms with Crippen molar-refractivity contribution in [2.75, 3.05) is 26.1 Å². The second-order valence-electron chi connectivity index (χ2n) is 8.51. The number of hydrogen-bond acceptors (Lipinski definition) is 7. The van der Waals surface area contributed by atoms with E-state index in [-0.39, 0.29) is 5.78 Å². The summed E-state index contributed by atoms with van der Waals surface area (Å²) in [5.41, 5.74) is 4.42. The van der Waals surface area contributed by atoms with Crippen LogP contribution in [0.2, 0.25) is 0 Å². The Kier molecular flexibility index (Phi) is 7.18. The predicted molar refractivity (Wildman–Crippen MR) is 148 cm³/mol. The third-order valence-corrected chi connectivity index (χ3v) is 7.53. The molecule has 37 heavy (non-hydrogen) atoms. The molecule has 5 rings (SSSR count). The van der Waals surface area contributed by atoms with E-state index >= 15 is 0 Å². The minimum atomic E-state index is 0.0337. The smallest absolute Gasteiger partial charge is 0.222 e. The molecule has 0 bridgehead atoms. The highest BCUT2D eigenvalue weighted by atomic mass is 32.1. The molecule has 3 aromatic heterocycles. The van der Waals surface area contributed by atoms with Gasteiger partial charge in [0.1, 0.15) is 0 Å². The third kappa shape index (κ3) is 5.06. The number of nitrogens with one attached hydrogen (secondary N) is 2. The Morgan fingerprint density at radius 1 is 0.973 bits per heavy atom. The van der Waals surface area contributed by atoms with Gasteiger partial charge in [-0.3, -0.25) is 4.79 Å². The number of aryl methyl sites for hydroxylation is 1. The number of ketones is 1. The van der Waals surface area contributed by atoms with Crippen molar-refractivity contribution in [1.29, 1.82) is 0 Å². The van der Waals surface area contributed by atoms with Crippen LogP contribution in [-0.4, -0.2) is 41.5 Å². The van der Waals surface area contributed by atoms with Gasteiger partial charge in [0.15, 0.2) is 11.5 Å². The molecule has 0 unspecified atom stereocenters. The second kappa shape index (κ2) is 10.8. The van der Waals surface area contributed by atoms with Crippen LogP contribution < -0.4 is 14.8 Å². The number of carbonyl (C=O) groups is 1. The lowest BCUT2D eigenvalue weighted by Gasteiger charge is -2.10. The average Bonchev–Trinajstić information content (AvgIpc) is 3.58. The zero-order valence-electron chi connectivity index (χ0n) is 21.0. The molecule has 0 fully saturated rings. The lowest BCUT2D eigenvalue weighted by atomic mass is 10.0. The van der Waals surface area contributed by atoms with Gasteiger partial charge in [0.25, 0.3) is 0 Å². The Balaban J connectivity index is 1.32. The number of hydrogen-bond donors (Lipinski definition) is 2. The van der Waals surface area contributed by atoms with Crippen LogP contribution in [0.25, 0.3) is 22.0 Å². The van der Waals surface area contributed by atoms with Crippen LogP contribution in [0, 0.1) is 0 Å². The maximum Gasteiger partial charge on any atom is 0.222 e. The molecule has 0 saturated carbocycles. The fourth-order valence-electron chi connectivity index (χ4n) is 4.35. The summed E-state index contributed by atoms with van der Waals surface area (Å²) in [6.07, 6.45) is 5.13. The lowest BCUT2D eigenvalue weighted by Crippen LogP contribution is -2.10. The molecule has 3 heterocycles. The number of aromatic amines is 1. The monoisotopic (exact) mass is 512 g/mol. The van der Waals surface area contributed by atoms with Crippen molar-refractivity contribution < 1.29 is 14.3 Å². The Bertz CT molecular complexity index is 1540. The summed E-state index contributed by atoms with van der Waals surface area (Å²) in [6, 6.07) is 17.7. The highest BCUT2D eigenvalue weighted by molar-refractivity contribution is 7.14. The molecular formula is C29H28N4O3S. The van der Waals surface area contributed by atoms with Crippen molar-refractivity contribution in [1.82, 2.24) is 15.0 Å². The number of methoxy groups -OCH3 is 2. The van der Waals surface area contributed by atoms with E-state index in [0.717, 1.165) is 38.9 Å². The largest absolute Gasteiger partial charge is 0.493 e. The topological polar surface area (TPSA) is 89.1 Å². The number of para-hydroxylation sites is 1. The number of fused-ring (bicyclic) bond motifs is 1. The van der Waals surface area contributed by atoms with Gasteiger partial charge in [-0.25, -0.2) is 9.97 Å². The highest BCUT2D eigenvalue weighted by Gasteiger charge is 2.20. The summed E-state index contributed by atoms with van der Waals surface area (Å²) in [6.45, 7) is 2.69. The van der Waals surface area contributed by atoms with Gasteiger partial charge in [-0.05, 0) is 54.3 Å². The average molecular weight is 513 g/mol. The van der Waals surface area contributed by atoms with Crippen molar-refractivity contribution in [2.45, 2.75) is 19.8 Å². The Morgan fingerprint density at radius 3 is 2.49 bits per heavy atom. The molecule has 0 aliphatic heterocycles. The number of carbonyl (C=O) groups excluding carboxylic acids is 1. The summed E-state index contributed by atoms with van der Waals surface area (Å²) < 4.78 is 10.7. The zero-order chi connectivity index (χ0) is 25.8. The van der Waals surface area contributed by atoms with Crippen molar-refractivity contribution in [3.63, 3.8) is 0 Å². The molecule has 8 heteroatoms. The Labute approximate surface area is 219 Å². The van der Waals surface area contributed by atoms with Gasteiger partial charge >= 0.3 is 0 Å². The number of ether oxygens (including phenoxy) is 2. The van der Waals surface area contributed by atoms with Crippen molar-refractivity contribution >= 4 is 34.0 Å². The highest BCUT2D eigenvalue weighted by Crippen LogP contribution is 2.32. The van der Waals surface area contributed by atoms with Crippen LogP contribution >= 0.6 is 11.3 Å². The van der Waals surface area contributed by atoms with E-state index in [9.17, 15) is 4.79 Å². The van der Waals surface area contributed by atoms with Crippen LogP contribution in [-0.2, 0) is 12.8 Å². The molecule has 0 amide bonds. The first kappa shape index (κ1) is 24.5. The summed E-state index contributed by atoms with van der Waals surface area (Å²) in [4.78, 5) is 27.7. The summed E-state index contributed by atoms with van der Waals surface area (Å²) in [5, 5.41) is 4.36. The quantitative estimate of drug-likeness (QED) is 0.218. The number of H-pyrrole nitrogens is 1. The van der Waals surface area contributed by atoms with Gasteiger partial charge in [-0.15, -0.1) is 11.3 Å². The molecule has 0 spiro atoms. The van der Waals surface area contributed by atoms with Crippen LogP contribution in [0.5, 0.6) is 11.5 Å². The summed E-state index contributed by atoms with van der Waals surface area (Å²) in [7, 11) is 3.22. The molecule has 5 aromatic rings. The van der Waals surface area contributed by atoms with Gasteiger partial charge in [0, 0.05) is 40.3 Å². The van der Waals surface area contributed by atoms with E-state index in [4.69, 9.17) is 9.47 Å². The fraction of sp³-hybridized carbons (Fsp3) is 0.207. The first-order valence-corrected chi connectivity index (χ1v) is 12.9. The van der Waals surface area contributed by atoms with Crippen LogP contribution in [0.4, 0.5) is 5.95 Å². The maximum atomic E-state index is 13.4. The molecule has 0 radical (unpaired) electrons. The lowest BCUT2D eigenvalue weighted by molar-refractivity contribution is 0.103. The first-order valence-electron chi connectivity index (χ1n) is 12.1. The molecule has 0 saturated heterocycles. The maximum absolute atomic E-state index is 13.4. The number of rotatable bonds is 10. The van der Waals surface area contributed by atoms with E-state index in [0.29, 0.717) is 36.1 Å². The van der Waals surface area contributed by atoms with E-state index in [1.165, 1.54) is 4.88 Å². The van der Waals surface area contributed by atoms with Gasteiger partial charge < -0.3 is 19.8 Å². The van der Waals surface area contributed by atoms with E-state index in [1.54, 1.807) is 38.0 Å². The first-order chi connectivity index (χ1) is 18.1. The molecule has 0 aliphatic carbocycles. The van der Waals surface area contributed by atoms with Gasteiger partial charge in [-0.1, -0.05) is 31.2 Å². The van der Waals surface area contributed by atoms with Gasteiger partial charge in [0.2, 0.25) is 11.7 Å². The number of nitrogens with zero attached hydrogens (tertiary/aromatic N) is 2. The third-order valence-electron chi connectivity index (χ3n) is 6.30.